The third kappa shape index (κ3) is 4.09. The number of amides is 2. The fourth-order valence-corrected chi connectivity index (χ4v) is 2.34. The van der Waals surface area contributed by atoms with Crippen LogP contribution in [0.5, 0.6) is 0 Å². The van der Waals surface area contributed by atoms with Gasteiger partial charge in [-0.15, -0.1) is 0 Å². The third-order valence-corrected chi connectivity index (χ3v) is 3.63. The number of hydrogen-bond donors (Lipinski definition) is 1. The van der Waals surface area contributed by atoms with Gasteiger partial charge in [0.1, 0.15) is 13.2 Å². The second-order valence-corrected chi connectivity index (χ2v) is 5.41. The van der Waals surface area contributed by atoms with Gasteiger partial charge < -0.3 is 15.0 Å². The van der Waals surface area contributed by atoms with E-state index in [1.54, 1.807) is 28.0 Å². The SMILES string of the molecule is O=C(NC1CN(C(=O)Cn2cccn2)C1)OCc1ccccc1. The molecule has 2 aromatic rings. The van der Waals surface area contributed by atoms with Crippen LogP contribution in [0.4, 0.5) is 4.79 Å². The second-order valence-electron chi connectivity index (χ2n) is 5.41. The monoisotopic (exact) mass is 314 g/mol. The topological polar surface area (TPSA) is 76.5 Å². The molecule has 7 nitrogen and oxygen atoms in total. The molecule has 0 unspecified atom stereocenters. The van der Waals surface area contributed by atoms with Gasteiger partial charge in [-0.3, -0.25) is 9.48 Å². The summed E-state index contributed by atoms with van der Waals surface area (Å²) in [5, 5.41) is 6.75. The fraction of sp³-hybridized carbons (Fsp3) is 0.312. The summed E-state index contributed by atoms with van der Waals surface area (Å²) in [6.45, 7) is 1.46. The number of carbonyl (C=O) groups excluding carboxylic acids is 2. The van der Waals surface area contributed by atoms with E-state index in [1.807, 2.05) is 30.3 Å². The quantitative estimate of drug-likeness (QED) is 0.894. The molecule has 2 heterocycles. The molecule has 23 heavy (non-hydrogen) atoms. The number of aromatic nitrogens is 2. The van der Waals surface area contributed by atoms with E-state index in [2.05, 4.69) is 10.4 Å². The van der Waals surface area contributed by atoms with Crippen molar-refractivity contribution in [3.63, 3.8) is 0 Å². The number of likely N-dealkylation sites (tertiary alicyclic amines) is 1. The summed E-state index contributed by atoms with van der Waals surface area (Å²) in [5.41, 5.74) is 0.937. The Kier molecular flexibility index (Phi) is 4.56. The second kappa shape index (κ2) is 6.95. The number of hydrogen-bond acceptors (Lipinski definition) is 4. The maximum Gasteiger partial charge on any atom is 0.407 e. The summed E-state index contributed by atoms with van der Waals surface area (Å²) < 4.78 is 6.73. The molecule has 1 aromatic carbocycles. The van der Waals surface area contributed by atoms with Crippen LogP contribution in [0, 0.1) is 0 Å². The normalized spacial score (nSPS) is 14.2. The summed E-state index contributed by atoms with van der Waals surface area (Å²) in [4.78, 5) is 25.3. The van der Waals surface area contributed by atoms with Crippen molar-refractivity contribution in [1.82, 2.24) is 20.0 Å². The number of nitrogens with zero attached hydrogens (tertiary/aromatic N) is 3. The molecule has 1 aromatic heterocycles. The van der Waals surface area contributed by atoms with Crippen LogP contribution in [0.15, 0.2) is 48.8 Å². The molecule has 3 rings (SSSR count). The standard InChI is InChI=1S/C16H18N4O3/c21-15(11-20-8-4-7-17-20)19-9-14(10-19)18-16(22)23-12-13-5-2-1-3-6-13/h1-8,14H,9-12H2,(H,18,22). The predicted octanol–water partition coefficient (Wildman–Crippen LogP) is 1.02. The van der Waals surface area contributed by atoms with Gasteiger partial charge in [-0.05, 0) is 11.6 Å². The Morgan fingerprint density at radius 3 is 2.70 bits per heavy atom. The first-order chi connectivity index (χ1) is 11.2. The lowest BCUT2D eigenvalue weighted by Crippen LogP contribution is -2.61. The van der Waals surface area contributed by atoms with Gasteiger partial charge in [-0.2, -0.15) is 5.10 Å². The van der Waals surface area contributed by atoms with E-state index in [-0.39, 0.29) is 25.1 Å². The molecule has 120 valence electrons. The van der Waals surface area contributed by atoms with Gasteiger partial charge in [0.2, 0.25) is 5.91 Å². The van der Waals surface area contributed by atoms with Crippen LogP contribution in [0.25, 0.3) is 0 Å². The van der Waals surface area contributed by atoms with Gasteiger partial charge in [-0.1, -0.05) is 30.3 Å². The summed E-state index contributed by atoms with van der Waals surface area (Å²) in [6, 6.07) is 11.2. The number of benzene rings is 1. The fourth-order valence-electron chi connectivity index (χ4n) is 2.34. The minimum atomic E-state index is -0.460. The first-order valence-corrected chi connectivity index (χ1v) is 7.43. The van der Waals surface area contributed by atoms with E-state index in [9.17, 15) is 9.59 Å². The number of carbonyl (C=O) groups is 2. The van der Waals surface area contributed by atoms with Gasteiger partial charge in [0.15, 0.2) is 0 Å². The van der Waals surface area contributed by atoms with Crippen molar-refractivity contribution in [2.75, 3.05) is 13.1 Å². The first-order valence-electron chi connectivity index (χ1n) is 7.43. The number of ether oxygens (including phenoxy) is 1. The Labute approximate surface area is 133 Å². The van der Waals surface area contributed by atoms with Crippen molar-refractivity contribution in [1.29, 1.82) is 0 Å². The molecule has 0 atom stereocenters. The van der Waals surface area contributed by atoms with E-state index in [1.165, 1.54) is 0 Å². The highest BCUT2D eigenvalue weighted by atomic mass is 16.5. The molecule has 1 aliphatic heterocycles. The lowest BCUT2D eigenvalue weighted by Gasteiger charge is -2.39. The molecule has 0 radical (unpaired) electrons. The van der Waals surface area contributed by atoms with Crippen LogP contribution < -0.4 is 5.32 Å². The summed E-state index contributed by atoms with van der Waals surface area (Å²) >= 11 is 0. The molecule has 7 heteroatoms. The molecule has 0 bridgehead atoms. The van der Waals surface area contributed by atoms with Gasteiger partial charge >= 0.3 is 6.09 Å². The third-order valence-electron chi connectivity index (χ3n) is 3.63. The molecular weight excluding hydrogens is 296 g/mol. The number of nitrogens with one attached hydrogen (secondary N) is 1. The largest absolute Gasteiger partial charge is 0.445 e. The van der Waals surface area contributed by atoms with Crippen LogP contribution in [-0.2, 0) is 22.7 Å². The smallest absolute Gasteiger partial charge is 0.407 e. The highest BCUT2D eigenvalue weighted by Crippen LogP contribution is 2.09. The Bertz CT molecular complexity index is 651. The maximum atomic E-state index is 12.0. The molecule has 2 amide bonds. The van der Waals surface area contributed by atoms with Crippen molar-refractivity contribution in [3.05, 3.63) is 54.4 Å². The Morgan fingerprint density at radius 2 is 2.00 bits per heavy atom. The Balaban J connectivity index is 1.35. The van der Waals surface area contributed by atoms with E-state index >= 15 is 0 Å². The van der Waals surface area contributed by atoms with E-state index < -0.39 is 6.09 Å². The lowest BCUT2D eigenvalue weighted by atomic mass is 10.1. The van der Waals surface area contributed by atoms with Crippen molar-refractivity contribution >= 4 is 12.0 Å². The highest BCUT2D eigenvalue weighted by molar-refractivity contribution is 5.77. The highest BCUT2D eigenvalue weighted by Gasteiger charge is 2.31. The van der Waals surface area contributed by atoms with Crippen LogP contribution >= 0.6 is 0 Å². The van der Waals surface area contributed by atoms with Crippen molar-refractivity contribution < 1.29 is 14.3 Å². The number of alkyl carbamates (subject to hydrolysis) is 1. The number of rotatable bonds is 5. The Hall–Kier alpha value is -2.83. The predicted molar refractivity (Wildman–Crippen MR) is 82.4 cm³/mol. The molecular formula is C16H18N4O3. The van der Waals surface area contributed by atoms with Gasteiger partial charge in [0.25, 0.3) is 0 Å². The summed E-state index contributed by atoms with van der Waals surface area (Å²) in [6.07, 6.45) is 2.92. The average molecular weight is 314 g/mol. The molecule has 0 spiro atoms. The van der Waals surface area contributed by atoms with Crippen molar-refractivity contribution in [2.45, 2.75) is 19.2 Å². The minimum Gasteiger partial charge on any atom is -0.445 e. The van der Waals surface area contributed by atoms with E-state index in [4.69, 9.17) is 4.74 Å². The van der Waals surface area contributed by atoms with Crippen LogP contribution in [-0.4, -0.2) is 45.8 Å². The lowest BCUT2D eigenvalue weighted by molar-refractivity contribution is -0.136. The molecule has 1 aliphatic rings. The maximum absolute atomic E-state index is 12.0. The van der Waals surface area contributed by atoms with Gasteiger partial charge in [-0.25, -0.2) is 4.79 Å². The molecule has 1 fully saturated rings. The summed E-state index contributed by atoms with van der Waals surface area (Å²) in [7, 11) is 0. The van der Waals surface area contributed by atoms with Gasteiger partial charge in [0.05, 0.1) is 6.04 Å². The molecule has 1 saturated heterocycles. The Morgan fingerprint density at radius 1 is 1.22 bits per heavy atom. The molecule has 1 N–H and O–H groups in total. The van der Waals surface area contributed by atoms with Crippen molar-refractivity contribution in [3.8, 4) is 0 Å². The van der Waals surface area contributed by atoms with Crippen LogP contribution in [0.1, 0.15) is 5.56 Å². The molecule has 0 aliphatic carbocycles. The minimum absolute atomic E-state index is 0.00981. The van der Waals surface area contributed by atoms with Crippen molar-refractivity contribution in [2.24, 2.45) is 0 Å². The van der Waals surface area contributed by atoms with Gasteiger partial charge in [0, 0.05) is 25.5 Å². The summed E-state index contributed by atoms with van der Waals surface area (Å²) in [5.74, 6) is -0.00981. The zero-order valence-corrected chi connectivity index (χ0v) is 12.6. The zero-order valence-electron chi connectivity index (χ0n) is 12.6. The van der Waals surface area contributed by atoms with E-state index in [0.717, 1.165) is 5.56 Å². The molecule has 0 saturated carbocycles. The average Bonchev–Trinajstić information content (AvgIpc) is 3.02. The van der Waals surface area contributed by atoms with Crippen LogP contribution in [0.2, 0.25) is 0 Å². The first kappa shape index (κ1) is 15.1. The zero-order chi connectivity index (χ0) is 16.1. The van der Waals surface area contributed by atoms with Crippen LogP contribution in [0.3, 0.4) is 0 Å². The van der Waals surface area contributed by atoms with E-state index in [0.29, 0.717) is 13.1 Å².